The number of amides is 2. The Morgan fingerprint density at radius 3 is 2.77 bits per heavy atom. The molecule has 1 N–H and O–H groups in total. The van der Waals surface area contributed by atoms with Crippen molar-refractivity contribution in [3.8, 4) is 5.75 Å². The lowest BCUT2D eigenvalue weighted by atomic mass is 10.2. The first-order valence-corrected chi connectivity index (χ1v) is 11.0. The number of aliphatic imine (C=N–C) groups is 1. The minimum atomic E-state index is -0.607. The molecule has 0 saturated carbocycles. The number of benzene rings is 2. The highest BCUT2D eigenvalue weighted by molar-refractivity contribution is 8.15. The van der Waals surface area contributed by atoms with Crippen LogP contribution >= 0.6 is 35.0 Å². The Labute approximate surface area is 195 Å². The van der Waals surface area contributed by atoms with E-state index in [9.17, 15) is 9.59 Å². The van der Waals surface area contributed by atoms with E-state index in [4.69, 9.17) is 27.9 Å². The molecule has 31 heavy (non-hydrogen) atoms. The van der Waals surface area contributed by atoms with E-state index >= 15 is 0 Å². The van der Waals surface area contributed by atoms with Crippen LogP contribution in [0.25, 0.3) is 0 Å². The van der Waals surface area contributed by atoms with E-state index in [1.807, 2.05) is 19.1 Å². The maximum Gasteiger partial charge on any atom is 0.242 e. The molecule has 1 saturated heterocycles. The summed E-state index contributed by atoms with van der Waals surface area (Å²) in [6.45, 7) is 5.91. The third kappa shape index (κ3) is 5.61. The summed E-state index contributed by atoms with van der Waals surface area (Å²) in [6.07, 6.45) is 1.59. The molecule has 3 rings (SSSR count). The Bertz CT molecular complexity index is 1060. The molecular weight excluding hydrogens is 457 g/mol. The number of carbonyl (C=O) groups is 2. The Morgan fingerprint density at radius 1 is 1.32 bits per heavy atom. The number of nitrogens with zero attached hydrogens (tertiary/aromatic N) is 2. The molecule has 9 heteroatoms. The minimum Gasteiger partial charge on any atom is -0.495 e. The molecule has 2 amide bonds. The predicted molar refractivity (Wildman–Crippen MR) is 128 cm³/mol. The van der Waals surface area contributed by atoms with Crippen LogP contribution in [0.5, 0.6) is 5.75 Å². The first-order valence-electron chi connectivity index (χ1n) is 9.39. The van der Waals surface area contributed by atoms with E-state index in [0.29, 0.717) is 38.9 Å². The highest BCUT2D eigenvalue weighted by Gasteiger charge is 2.38. The molecule has 0 spiro atoms. The molecule has 0 aromatic heterocycles. The maximum absolute atomic E-state index is 12.9. The molecule has 1 fully saturated rings. The van der Waals surface area contributed by atoms with E-state index in [0.717, 1.165) is 5.56 Å². The van der Waals surface area contributed by atoms with Gasteiger partial charge in [-0.05, 0) is 42.8 Å². The Kier molecular flexibility index (Phi) is 7.64. The number of rotatable bonds is 7. The molecular formula is C22H21Cl2N3O3S. The third-order valence-corrected chi connectivity index (χ3v) is 6.34. The van der Waals surface area contributed by atoms with Crippen LogP contribution in [0.15, 0.2) is 54.0 Å². The van der Waals surface area contributed by atoms with Gasteiger partial charge in [-0.25, -0.2) is 4.99 Å². The van der Waals surface area contributed by atoms with Crippen LogP contribution in [0.3, 0.4) is 0 Å². The average Bonchev–Trinajstić information content (AvgIpc) is 3.00. The molecule has 6 nitrogen and oxygen atoms in total. The van der Waals surface area contributed by atoms with Gasteiger partial charge in [0.2, 0.25) is 11.8 Å². The van der Waals surface area contributed by atoms with Crippen LogP contribution in [0.4, 0.5) is 11.4 Å². The molecule has 2 aromatic rings. The second-order valence-electron chi connectivity index (χ2n) is 6.77. The van der Waals surface area contributed by atoms with Gasteiger partial charge in [0.15, 0.2) is 5.17 Å². The van der Waals surface area contributed by atoms with Crippen molar-refractivity contribution in [3.63, 3.8) is 0 Å². The molecule has 0 radical (unpaired) electrons. The van der Waals surface area contributed by atoms with Crippen LogP contribution in [0.1, 0.15) is 12.0 Å². The molecule has 0 aliphatic carbocycles. The van der Waals surface area contributed by atoms with Gasteiger partial charge in [0, 0.05) is 23.0 Å². The minimum absolute atomic E-state index is 0.0273. The third-order valence-electron chi connectivity index (χ3n) is 4.52. The largest absolute Gasteiger partial charge is 0.495 e. The number of anilines is 1. The summed E-state index contributed by atoms with van der Waals surface area (Å²) in [5.41, 5.74) is 2.02. The lowest BCUT2D eigenvalue weighted by molar-refractivity contribution is -0.127. The van der Waals surface area contributed by atoms with Crippen molar-refractivity contribution < 1.29 is 14.3 Å². The molecule has 1 heterocycles. The fraction of sp³-hybridized carbons (Fsp3) is 0.227. The number of methoxy groups -OCH3 is 1. The van der Waals surface area contributed by atoms with Crippen molar-refractivity contribution >= 4 is 63.3 Å². The number of nitrogens with one attached hydrogen (secondary N) is 1. The number of amidine groups is 1. The second-order valence-corrected chi connectivity index (χ2v) is 8.78. The van der Waals surface area contributed by atoms with E-state index in [-0.39, 0.29) is 18.2 Å². The highest BCUT2D eigenvalue weighted by Crippen LogP contribution is 2.33. The fourth-order valence-corrected chi connectivity index (χ4v) is 4.45. The number of hydrogen-bond donors (Lipinski definition) is 1. The van der Waals surface area contributed by atoms with Crippen LogP contribution in [0, 0.1) is 6.92 Å². The first kappa shape index (κ1) is 23.2. The SMILES string of the molecule is C=CCN1C(=O)C(CC(=O)Nc2cc(Cl)ccc2OC)SC1=Nc1ccc(C)c(Cl)c1. The van der Waals surface area contributed by atoms with Gasteiger partial charge in [-0.1, -0.05) is 47.1 Å². The Balaban J connectivity index is 1.77. The van der Waals surface area contributed by atoms with Gasteiger partial charge in [0.1, 0.15) is 11.0 Å². The Morgan fingerprint density at radius 2 is 2.10 bits per heavy atom. The number of thioether (sulfide) groups is 1. The van der Waals surface area contributed by atoms with Crippen LogP contribution in [0.2, 0.25) is 10.0 Å². The summed E-state index contributed by atoms with van der Waals surface area (Å²) < 4.78 is 5.25. The summed E-state index contributed by atoms with van der Waals surface area (Å²) in [4.78, 5) is 31.6. The number of halogens is 2. The van der Waals surface area contributed by atoms with Gasteiger partial charge in [-0.2, -0.15) is 0 Å². The summed E-state index contributed by atoms with van der Waals surface area (Å²) in [7, 11) is 1.50. The zero-order valence-corrected chi connectivity index (χ0v) is 19.4. The van der Waals surface area contributed by atoms with Crippen molar-refractivity contribution in [1.29, 1.82) is 0 Å². The fourth-order valence-electron chi connectivity index (χ4n) is 2.93. The van der Waals surface area contributed by atoms with Gasteiger partial charge < -0.3 is 10.1 Å². The van der Waals surface area contributed by atoms with Crippen LogP contribution in [-0.4, -0.2) is 40.8 Å². The monoisotopic (exact) mass is 477 g/mol. The van der Waals surface area contributed by atoms with Gasteiger partial charge in [-0.3, -0.25) is 14.5 Å². The molecule has 162 valence electrons. The average molecular weight is 478 g/mol. The number of ether oxygens (including phenoxy) is 1. The molecule has 1 aliphatic rings. The smallest absolute Gasteiger partial charge is 0.242 e. The zero-order valence-electron chi connectivity index (χ0n) is 17.0. The lowest BCUT2D eigenvalue weighted by Crippen LogP contribution is -2.33. The Hall–Kier alpha value is -2.48. The van der Waals surface area contributed by atoms with E-state index in [1.165, 1.54) is 23.8 Å². The van der Waals surface area contributed by atoms with Gasteiger partial charge >= 0.3 is 0 Å². The summed E-state index contributed by atoms with van der Waals surface area (Å²) >= 11 is 13.4. The second kappa shape index (κ2) is 10.2. The summed E-state index contributed by atoms with van der Waals surface area (Å²) in [5.74, 6) is -0.0467. The van der Waals surface area contributed by atoms with E-state index in [2.05, 4.69) is 16.9 Å². The van der Waals surface area contributed by atoms with Gasteiger partial charge in [0.25, 0.3) is 0 Å². The highest BCUT2D eigenvalue weighted by atomic mass is 35.5. The lowest BCUT2D eigenvalue weighted by Gasteiger charge is -2.14. The first-order chi connectivity index (χ1) is 14.8. The normalized spacial score (nSPS) is 17.2. The predicted octanol–water partition coefficient (Wildman–Crippen LogP) is 5.46. The summed E-state index contributed by atoms with van der Waals surface area (Å²) in [6, 6.07) is 10.4. The number of aryl methyl sites for hydroxylation is 1. The molecule has 1 unspecified atom stereocenters. The van der Waals surface area contributed by atoms with Gasteiger partial charge in [0.05, 0.1) is 18.5 Å². The quantitative estimate of drug-likeness (QED) is 0.537. The molecule has 2 aromatic carbocycles. The maximum atomic E-state index is 12.9. The van der Waals surface area contributed by atoms with Crippen LogP contribution in [-0.2, 0) is 9.59 Å². The van der Waals surface area contributed by atoms with Crippen molar-refractivity contribution in [1.82, 2.24) is 4.90 Å². The van der Waals surface area contributed by atoms with E-state index in [1.54, 1.807) is 30.3 Å². The topological polar surface area (TPSA) is 71.0 Å². The molecule has 0 bridgehead atoms. The summed E-state index contributed by atoms with van der Waals surface area (Å²) in [5, 5.41) is 3.72. The van der Waals surface area contributed by atoms with Gasteiger partial charge in [-0.15, -0.1) is 6.58 Å². The van der Waals surface area contributed by atoms with Crippen LogP contribution < -0.4 is 10.1 Å². The van der Waals surface area contributed by atoms with Crippen molar-refractivity contribution in [2.75, 3.05) is 19.0 Å². The molecule has 1 aliphatic heterocycles. The van der Waals surface area contributed by atoms with Crippen molar-refractivity contribution in [2.24, 2.45) is 4.99 Å². The zero-order chi connectivity index (χ0) is 22.5. The number of hydrogen-bond acceptors (Lipinski definition) is 5. The van der Waals surface area contributed by atoms with E-state index < -0.39 is 5.25 Å². The van der Waals surface area contributed by atoms with Crippen molar-refractivity contribution in [3.05, 3.63) is 64.7 Å². The number of carbonyl (C=O) groups excluding carboxylic acids is 2. The van der Waals surface area contributed by atoms with Crippen molar-refractivity contribution in [2.45, 2.75) is 18.6 Å². The molecule has 1 atom stereocenters. The standard InChI is InChI=1S/C22H21Cl2N3O3S/c1-4-9-27-21(29)19(31-22(27)25-15-7-5-13(2)16(24)11-15)12-20(28)26-17-10-14(23)6-8-18(17)30-3/h4-8,10-11,19H,1,9,12H2,2-3H3,(H,26,28).